The Hall–Kier alpha value is -4.07. The molecule has 0 aliphatic carbocycles. The zero-order valence-corrected chi connectivity index (χ0v) is 23.5. The maximum Gasteiger partial charge on any atom is 0.296 e. The molecule has 0 spiro atoms. The van der Waals surface area contributed by atoms with E-state index in [0.717, 1.165) is 60.6 Å². The van der Waals surface area contributed by atoms with E-state index in [1.165, 1.54) is 0 Å². The van der Waals surface area contributed by atoms with Gasteiger partial charge in [0.05, 0.1) is 31.7 Å². The van der Waals surface area contributed by atoms with Crippen molar-refractivity contribution in [2.24, 2.45) is 0 Å². The number of fused-ring (bicyclic) bond motifs is 1. The summed E-state index contributed by atoms with van der Waals surface area (Å²) in [5, 5.41) is 4.39. The number of benzene rings is 3. The van der Waals surface area contributed by atoms with Crippen LogP contribution < -0.4 is 10.1 Å². The fraction of sp³-hybridized carbons (Fsp3) is 0.303. The third-order valence-electron chi connectivity index (χ3n) is 7.31. The number of hydrogen-bond donors (Lipinski definition) is 1. The first-order chi connectivity index (χ1) is 19.2. The van der Waals surface area contributed by atoms with Gasteiger partial charge in [0.25, 0.3) is 11.7 Å². The van der Waals surface area contributed by atoms with Gasteiger partial charge in [0, 0.05) is 37.0 Å². The van der Waals surface area contributed by atoms with Crippen molar-refractivity contribution in [1.29, 1.82) is 0 Å². The quantitative estimate of drug-likeness (QED) is 0.235. The lowest BCUT2D eigenvalue weighted by atomic mass is 9.87. The molecule has 0 radical (unpaired) electrons. The number of methoxy groups -OCH3 is 1. The molecule has 0 unspecified atom stereocenters. The highest BCUT2D eigenvalue weighted by Crippen LogP contribution is 2.33. The second-order valence-electron chi connectivity index (χ2n) is 11.1. The molecular weight excluding hydrogens is 502 g/mol. The van der Waals surface area contributed by atoms with Crippen molar-refractivity contribution < 1.29 is 19.1 Å². The number of anilines is 1. The zero-order chi connectivity index (χ0) is 28.3. The summed E-state index contributed by atoms with van der Waals surface area (Å²) in [4.78, 5) is 33.7. The van der Waals surface area contributed by atoms with Crippen LogP contribution in [0.15, 0.2) is 72.9 Å². The number of morpholine rings is 1. The lowest BCUT2D eigenvalue weighted by Crippen LogP contribution is -2.35. The smallest absolute Gasteiger partial charge is 0.296 e. The SMILES string of the molecule is COc1ccc(C(C)(C)C)cc1NC(=O)C(=O)c1ccc(-c2ccc(CN3CCOCC3)nc2)c2ccccc12. The molecule has 0 atom stereocenters. The Labute approximate surface area is 235 Å². The van der Waals surface area contributed by atoms with Gasteiger partial charge in [-0.1, -0.05) is 63.2 Å². The van der Waals surface area contributed by atoms with Crippen LogP contribution in [-0.4, -0.2) is 55.0 Å². The van der Waals surface area contributed by atoms with Crippen LogP contribution in [0.4, 0.5) is 5.69 Å². The Kier molecular flexibility index (Phi) is 7.96. The van der Waals surface area contributed by atoms with Crippen LogP contribution in [0.25, 0.3) is 21.9 Å². The maximum atomic E-state index is 13.4. The number of carbonyl (C=O) groups excluding carboxylic acids is 2. The molecule has 206 valence electrons. The van der Waals surface area contributed by atoms with E-state index < -0.39 is 11.7 Å². The lowest BCUT2D eigenvalue weighted by molar-refractivity contribution is -0.112. The molecular formula is C33H35N3O4. The van der Waals surface area contributed by atoms with Gasteiger partial charge < -0.3 is 14.8 Å². The van der Waals surface area contributed by atoms with Gasteiger partial charge in [-0.3, -0.25) is 19.5 Å². The van der Waals surface area contributed by atoms with E-state index in [0.29, 0.717) is 22.4 Å². The predicted molar refractivity (Wildman–Crippen MR) is 158 cm³/mol. The summed E-state index contributed by atoms with van der Waals surface area (Å²) in [5.41, 5.74) is 4.63. The fourth-order valence-corrected chi connectivity index (χ4v) is 4.99. The van der Waals surface area contributed by atoms with Gasteiger partial charge in [0.1, 0.15) is 5.75 Å². The highest BCUT2D eigenvalue weighted by Gasteiger charge is 2.23. The van der Waals surface area contributed by atoms with E-state index in [2.05, 4.69) is 37.1 Å². The van der Waals surface area contributed by atoms with Crippen molar-refractivity contribution >= 4 is 28.2 Å². The third-order valence-corrected chi connectivity index (χ3v) is 7.31. The molecule has 4 aromatic rings. The number of rotatable bonds is 7. The molecule has 7 nitrogen and oxygen atoms in total. The normalized spacial score (nSPS) is 14.2. The molecule has 0 bridgehead atoms. The monoisotopic (exact) mass is 537 g/mol. The summed E-state index contributed by atoms with van der Waals surface area (Å²) >= 11 is 0. The van der Waals surface area contributed by atoms with E-state index >= 15 is 0 Å². The number of ketones is 1. The Morgan fingerprint density at radius 1 is 0.975 bits per heavy atom. The first kappa shape index (κ1) is 27.5. The first-order valence-electron chi connectivity index (χ1n) is 13.6. The van der Waals surface area contributed by atoms with Gasteiger partial charge >= 0.3 is 0 Å². The summed E-state index contributed by atoms with van der Waals surface area (Å²) in [6, 6.07) is 21.0. The second kappa shape index (κ2) is 11.6. The fourth-order valence-electron chi connectivity index (χ4n) is 4.99. The number of carbonyl (C=O) groups is 2. The minimum Gasteiger partial charge on any atom is -0.495 e. The number of hydrogen-bond acceptors (Lipinski definition) is 6. The number of pyridine rings is 1. The minimum absolute atomic E-state index is 0.128. The Morgan fingerprint density at radius 3 is 2.40 bits per heavy atom. The average molecular weight is 538 g/mol. The maximum absolute atomic E-state index is 13.4. The van der Waals surface area contributed by atoms with Crippen LogP contribution in [0, 0.1) is 0 Å². The van der Waals surface area contributed by atoms with E-state index in [1.54, 1.807) is 13.2 Å². The summed E-state index contributed by atoms with van der Waals surface area (Å²) in [6.07, 6.45) is 1.88. The predicted octanol–water partition coefficient (Wildman–Crippen LogP) is 5.86. The molecule has 5 rings (SSSR count). The van der Waals surface area contributed by atoms with Crippen LogP contribution >= 0.6 is 0 Å². The molecule has 1 aliphatic heterocycles. The molecule has 1 aliphatic rings. The molecule has 1 aromatic heterocycles. The van der Waals surface area contributed by atoms with E-state index in [4.69, 9.17) is 14.5 Å². The van der Waals surface area contributed by atoms with Crippen LogP contribution in [0.3, 0.4) is 0 Å². The van der Waals surface area contributed by atoms with Crippen molar-refractivity contribution in [1.82, 2.24) is 9.88 Å². The topological polar surface area (TPSA) is 80.8 Å². The number of ether oxygens (including phenoxy) is 2. The largest absolute Gasteiger partial charge is 0.495 e. The van der Waals surface area contributed by atoms with E-state index in [9.17, 15) is 9.59 Å². The number of nitrogens with one attached hydrogen (secondary N) is 1. The van der Waals surface area contributed by atoms with Gasteiger partial charge in [0.2, 0.25) is 0 Å². The summed E-state index contributed by atoms with van der Waals surface area (Å²) in [7, 11) is 1.54. The van der Waals surface area contributed by atoms with Crippen molar-refractivity contribution in [2.45, 2.75) is 32.7 Å². The Balaban J connectivity index is 1.41. The van der Waals surface area contributed by atoms with Crippen molar-refractivity contribution in [3.63, 3.8) is 0 Å². The highest BCUT2D eigenvalue weighted by atomic mass is 16.5. The second-order valence-corrected chi connectivity index (χ2v) is 11.1. The van der Waals surface area contributed by atoms with Crippen LogP contribution in [-0.2, 0) is 21.5 Å². The molecule has 1 fully saturated rings. The Bertz CT molecular complexity index is 1530. The number of Topliss-reactive ketones (excluding diaryl/α,β-unsaturated/α-hetero) is 1. The van der Waals surface area contributed by atoms with E-state index in [1.807, 2.05) is 60.8 Å². The van der Waals surface area contributed by atoms with Gasteiger partial charge in [-0.05, 0) is 51.6 Å². The average Bonchev–Trinajstić information content (AvgIpc) is 2.96. The van der Waals surface area contributed by atoms with Crippen LogP contribution in [0.2, 0.25) is 0 Å². The third kappa shape index (κ3) is 5.91. The zero-order valence-electron chi connectivity index (χ0n) is 23.5. The van der Waals surface area contributed by atoms with Gasteiger partial charge in [0.15, 0.2) is 0 Å². The van der Waals surface area contributed by atoms with Crippen LogP contribution in [0.1, 0.15) is 42.4 Å². The van der Waals surface area contributed by atoms with Gasteiger partial charge in [-0.25, -0.2) is 0 Å². The van der Waals surface area contributed by atoms with Crippen molar-refractivity contribution in [3.05, 3.63) is 89.7 Å². The molecule has 1 amide bonds. The molecule has 2 heterocycles. The van der Waals surface area contributed by atoms with Gasteiger partial charge in [-0.2, -0.15) is 0 Å². The molecule has 3 aromatic carbocycles. The van der Waals surface area contributed by atoms with Crippen LogP contribution in [0.5, 0.6) is 5.75 Å². The molecule has 40 heavy (non-hydrogen) atoms. The summed E-state index contributed by atoms with van der Waals surface area (Å²) < 4.78 is 10.9. The number of aromatic nitrogens is 1. The molecule has 0 saturated carbocycles. The lowest BCUT2D eigenvalue weighted by Gasteiger charge is -2.26. The summed E-state index contributed by atoms with van der Waals surface area (Å²) in [5.74, 6) is -0.819. The Morgan fingerprint density at radius 2 is 1.73 bits per heavy atom. The molecule has 1 N–H and O–H groups in total. The van der Waals surface area contributed by atoms with Crippen molar-refractivity contribution in [3.8, 4) is 16.9 Å². The number of amides is 1. The highest BCUT2D eigenvalue weighted by molar-refractivity contribution is 6.48. The molecule has 1 saturated heterocycles. The molecule has 7 heteroatoms. The number of nitrogens with zero attached hydrogens (tertiary/aromatic N) is 2. The van der Waals surface area contributed by atoms with E-state index in [-0.39, 0.29) is 5.41 Å². The first-order valence-corrected chi connectivity index (χ1v) is 13.6. The minimum atomic E-state index is -0.712. The summed E-state index contributed by atoms with van der Waals surface area (Å²) in [6.45, 7) is 10.4. The van der Waals surface area contributed by atoms with Gasteiger partial charge in [-0.15, -0.1) is 0 Å². The van der Waals surface area contributed by atoms with Crippen molar-refractivity contribution in [2.75, 3.05) is 38.7 Å². The standard InChI is InChI=1S/C33H35N3O4/c1-33(2,3)23-10-14-30(39-4)29(19-23)35-32(38)31(37)28-13-12-25(26-7-5-6-8-27(26)28)22-9-11-24(34-20-22)21-36-15-17-40-18-16-36/h5-14,19-20H,15-18,21H2,1-4H3,(H,35,38).